The first kappa shape index (κ1) is 9.27. The fourth-order valence-electron chi connectivity index (χ4n) is 1.37. The highest BCUT2D eigenvalue weighted by Crippen LogP contribution is 2.42. The highest BCUT2D eigenvalue weighted by molar-refractivity contribution is 6.34. The van der Waals surface area contributed by atoms with Crippen molar-refractivity contribution in [1.29, 1.82) is 0 Å². The molecule has 1 aromatic heterocycles. The Morgan fingerprint density at radius 1 is 1.57 bits per heavy atom. The third-order valence-electron chi connectivity index (χ3n) is 2.22. The second kappa shape index (κ2) is 3.13. The Bertz CT molecular complexity index is 448. The van der Waals surface area contributed by atoms with Crippen molar-refractivity contribution in [3.8, 4) is 0 Å². The van der Waals surface area contributed by atoms with Crippen LogP contribution in [0, 0.1) is 0 Å². The Hall–Kier alpha value is -1.29. The van der Waals surface area contributed by atoms with E-state index in [4.69, 9.17) is 16.7 Å². The van der Waals surface area contributed by atoms with Gasteiger partial charge in [0.15, 0.2) is 0 Å². The number of hydrogen-bond donors (Lipinski definition) is 2. The molecule has 0 atom stereocenters. The quantitative estimate of drug-likeness (QED) is 0.784. The molecule has 1 aromatic rings. The Balaban J connectivity index is 2.61. The fourth-order valence-corrected chi connectivity index (χ4v) is 1.71. The third-order valence-corrected chi connectivity index (χ3v) is 2.63. The number of rotatable bonds is 2. The topological polar surface area (TPSA) is 70.2 Å². The highest BCUT2D eigenvalue weighted by atomic mass is 35.5. The number of aromatic nitrogens is 1. The van der Waals surface area contributed by atoms with Gasteiger partial charge in [-0.2, -0.15) is 0 Å². The van der Waals surface area contributed by atoms with Crippen LogP contribution in [0.2, 0.25) is 5.02 Å². The normalized spacial score (nSPS) is 15.5. The molecule has 0 bridgehead atoms. The molecule has 1 aliphatic rings. The lowest BCUT2D eigenvalue weighted by atomic mass is 10.2. The number of carboxylic acids is 1. The molecule has 0 saturated heterocycles. The van der Waals surface area contributed by atoms with Crippen molar-refractivity contribution in [1.82, 2.24) is 4.98 Å². The first-order chi connectivity index (χ1) is 6.59. The molecule has 2 rings (SSSR count). The molecule has 0 radical (unpaired) electrons. The van der Waals surface area contributed by atoms with Crippen LogP contribution in [0.4, 0.5) is 0 Å². The molecule has 0 spiro atoms. The number of halogens is 1. The summed E-state index contributed by atoms with van der Waals surface area (Å²) >= 11 is 5.86. The van der Waals surface area contributed by atoms with Gasteiger partial charge in [0.25, 0.3) is 0 Å². The van der Waals surface area contributed by atoms with E-state index in [1.165, 1.54) is 0 Å². The molecular weight excluding hydrogens is 206 g/mol. The number of carbonyl (C=O) groups is 1. The molecule has 0 unspecified atom stereocenters. The number of carboxylic acid groups (broad SMARTS) is 1. The Kier molecular flexibility index (Phi) is 2.07. The molecule has 14 heavy (non-hydrogen) atoms. The second-order valence-corrected chi connectivity index (χ2v) is 3.73. The van der Waals surface area contributed by atoms with Crippen LogP contribution >= 0.6 is 11.6 Å². The predicted octanol–water partition coefficient (Wildman–Crippen LogP) is 1.60. The van der Waals surface area contributed by atoms with Crippen LogP contribution < -0.4 is 5.56 Å². The average molecular weight is 214 g/mol. The molecule has 0 amide bonds. The van der Waals surface area contributed by atoms with Crippen LogP contribution in [0.5, 0.6) is 0 Å². The smallest absolute Gasteiger partial charge is 0.337 e. The number of nitrogens with one attached hydrogen (secondary N) is 1. The molecule has 1 saturated carbocycles. The largest absolute Gasteiger partial charge is 0.478 e. The van der Waals surface area contributed by atoms with Crippen molar-refractivity contribution in [3.05, 3.63) is 32.7 Å². The van der Waals surface area contributed by atoms with E-state index in [0.29, 0.717) is 5.69 Å². The Labute approximate surface area is 84.5 Å². The van der Waals surface area contributed by atoms with Gasteiger partial charge in [0, 0.05) is 17.7 Å². The van der Waals surface area contributed by atoms with Gasteiger partial charge in [-0.25, -0.2) is 4.79 Å². The maximum atomic E-state index is 11.1. The van der Waals surface area contributed by atoms with E-state index in [0.717, 1.165) is 18.9 Å². The summed E-state index contributed by atoms with van der Waals surface area (Å²) in [7, 11) is 0. The number of pyridine rings is 1. The molecule has 0 aliphatic heterocycles. The monoisotopic (exact) mass is 213 g/mol. The molecule has 0 aromatic carbocycles. The summed E-state index contributed by atoms with van der Waals surface area (Å²) in [5.74, 6) is -0.933. The van der Waals surface area contributed by atoms with Crippen molar-refractivity contribution in [2.45, 2.75) is 18.8 Å². The van der Waals surface area contributed by atoms with E-state index in [2.05, 4.69) is 4.98 Å². The van der Waals surface area contributed by atoms with E-state index >= 15 is 0 Å². The van der Waals surface area contributed by atoms with Gasteiger partial charge in [-0.1, -0.05) is 11.6 Å². The minimum absolute atomic E-state index is 0.114. The van der Waals surface area contributed by atoms with E-state index in [-0.39, 0.29) is 16.5 Å². The first-order valence-corrected chi connectivity index (χ1v) is 4.63. The van der Waals surface area contributed by atoms with E-state index in [1.807, 2.05) is 0 Å². The standard InChI is InChI=1S/C9H8ClNO3/c10-7-5(9(13)14)3-6(12)11-8(7)4-1-2-4/h3-4H,1-2H2,(H,11,12)(H,13,14). The summed E-state index contributed by atoms with van der Waals surface area (Å²) in [5.41, 5.74) is 0.0441. The van der Waals surface area contributed by atoms with Gasteiger partial charge in [-0.05, 0) is 12.8 Å². The fraction of sp³-hybridized carbons (Fsp3) is 0.333. The summed E-state index contributed by atoms with van der Waals surface area (Å²) in [6.07, 6.45) is 1.91. The minimum Gasteiger partial charge on any atom is -0.478 e. The summed E-state index contributed by atoms with van der Waals surface area (Å²) < 4.78 is 0. The van der Waals surface area contributed by atoms with Crippen molar-refractivity contribution in [2.24, 2.45) is 0 Å². The third kappa shape index (κ3) is 1.53. The van der Waals surface area contributed by atoms with Crippen LogP contribution in [-0.2, 0) is 0 Å². The van der Waals surface area contributed by atoms with Gasteiger partial charge >= 0.3 is 5.97 Å². The molecule has 1 aliphatic carbocycles. The Morgan fingerprint density at radius 3 is 2.71 bits per heavy atom. The lowest BCUT2D eigenvalue weighted by molar-refractivity contribution is 0.0696. The van der Waals surface area contributed by atoms with Crippen LogP contribution in [-0.4, -0.2) is 16.1 Å². The first-order valence-electron chi connectivity index (χ1n) is 4.25. The van der Waals surface area contributed by atoms with Crippen LogP contribution in [0.1, 0.15) is 34.8 Å². The molecule has 1 fully saturated rings. The van der Waals surface area contributed by atoms with Gasteiger partial charge in [0.2, 0.25) is 5.56 Å². The SMILES string of the molecule is O=C(O)c1cc(=O)[nH]c(C2CC2)c1Cl. The van der Waals surface area contributed by atoms with Crippen molar-refractivity contribution in [3.63, 3.8) is 0 Å². The highest BCUT2D eigenvalue weighted by Gasteiger charge is 2.29. The van der Waals surface area contributed by atoms with Gasteiger partial charge in [-0.15, -0.1) is 0 Å². The van der Waals surface area contributed by atoms with E-state index in [1.54, 1.807) is 0 Å². The minimum atomic E-state index is -1.16. The summed E-state index contributed by atoms with van der Waals surface area (Å²) in [6.45, 7) is 0. The second-order valence-electron chi connectivity index (χ2n) is 3.35. The number of H-pyrrole nitrogens is 1. The van der Waals surface area contributed by atoms with Gasteiger partial charge in [-0.3, -0.25) is 4.79 Å². The number of aromatic carboxylic acids is 1. The zero-order valence-corrected chi connectivity index (χ0v) is 7.97. The maximum absolute atomic E-state index is 11.1. The number of aromatic amines is 1. The zero-order valence-electron chi connectivity index (χ0n) is 7.21. The molecule has 5 heteroatoms. The number of hydrogen-bond acceptors (Lipinski definition) is 2. The average Bonchev–Trinajstić information content (AvgIpc) is 2.91. The lowest BCUT2D eigenvalue weighted by Crippen LogP contribution is -2.13. The van der Waals surface area contributed by atoms with Crippen LogP contribution in [0.15, 0.2) is 10.9 Å². The zero-order chi connectivity index (χ0) is 10.3. The van der Waals surface area contributed by atoms with Crippen LogP contribution in [0.3, 0.4) is 0 Å². The molecule has 74 valence electrons. The van der Waals surface area contributed by atoms with Gasteiger partial charge < -0.3 is 10.1 Å². The van der Waals surface area contributed by atoms with Crippen LogP contribution in [0.25, 0.3) is 0 Å². The maximum Gasteiger partial charge on any atom is 0.337 e. The summed E-state index contributed by atoms with van der Waals surface area (Å²) in [5, 5.41) is 8.95. The molecule has 1 heterocycles. The molecule has 4 nitrogen and oxygen atoms in total. The Morgan fingerprint density at radius 2 is 2.21 bits per heavy atom. The molecule has 2 N–H and O–H groups in total. The van der Waals surface area contributed by atoms with Crippen molar-refractivity contribution < 1.29 is 9.90 Å². The summed E-state index contributed by atoms with van der Waals surface area (Å²) in [6, 6.07) is 1.01. The van der Waals surface area contributed by atoms with E-state index < -0.39 is 11.5 Å². The predicted molar refractivity (Wildman–Crippen MR) is 51.0 cm³/mol. The summed E-state index contributed by atoms with van der Waals surface area (Å²) in [4.78, 5) is 24.4. The molecular formula is C9H8ClNO3. The lowest BCUT2D eigenvalue weighted by Gasteiger charge is -2.04. The van der Waals surface area contributed by atoms with Gasteiger partial charge in [0.1, 0.15) is 0 Å². The van der Waals surface area contributed by atoms with Crippen molar-refractivity contribution >= 4 is 17.6 Å². The van der Waals surface area contributed by atoms with Crippen molar-refractivity contribution in [2.75, 3.05) is 0 Å². The van der Waals surface area contributed by atoms with E-state index in [9.17, 15) is 9.59 Å². The van der Waals surface area contributed by atoms with Gasteiger partial charge in [0.05, 0.1) is 10.6 Å².